The highest BCUT2D eigenvalue weighted by Gasteiger charge is 2.35. The average Bonchev–Trinajstić information content (AvgIpc) is 3.03. The molecule has 0 bridgehead atoms. The van der Waals surface area contributed by atoms with E-state index in [4.69, 9.17) is 0 Å². The Kier molecular flexibility index (Phi) is 4.95. The Labute approximate surface area is 150 Å². The number of H-pyrrole nitrogens is 1. The smallest absolute Gasteiger partial charge is 0.360 e. The second-order valence-electron chi connectivity index (χ2n) is 5.58. The minimum absolute atomic E-state index is 0.147. The van der Waals surface area contributed by atoms with E-state index in [1.165, 1.54) is 0 Å². The summed E-state index contributed by atoms with van der Waals surface area (Å²) in [6, 6.07) is 10.2. The van der Waals surface area contributed by atoms with Crippen LogP contribution in [-0.2, 0) is 6.18 Å². The number of rotatable bonds is 4. The number of alkyl halides is 3. The topological polar surface area (TPSA) is 27.8 Å². The molecule has 0 fully saturated rings. The van der Waals surface area contributed by atoms with E-state index in [-0.39, 0.29) is 11.8 Å². The van der Waals surface area contributed by atoms with Crippen molar-refractivity contribution < 1.29 is 22.0 Å². The molecule has 0 radical (unpaired) electrons. The van der Waals surface area contributed by atoms with Gasteiger partial charge in [0.05, 0.1) is 11.3 Å². The van der Waals surface area contributed by atoms with Crippen molar-refractivity contribution in [3.8, 4) is 11.3 Å². The third kappa shape index (κ3) is 3.85. The third-order valence-corrected chi connectivity index (χ3v) is 4.53. The molecule has 1 aromatic heterocycles. The van der Waals surface area contributed by atoms with E-state index in [0.717, 1.165) is 28.8 Å². The van der Waals surface area contributed by atoms with Crippen molar-refractivity contribution in [1.82, 2.24) is 4.98 Å². The molecular formula is C18H13F5N2S. The van der Waals surface area contributed by atoms with E-state index in [2.05, 4.69) is 9.71 Å². The summed E-state index contributed by atoms with van der Waals surface area (Å²) in [5.74, 6) is -2.71. The minimum atomic E-state index is -4.94. The zero-order valence-electron chi connectivity index (χ0n) is 13.4. The van der Waals surface area contributed by atoms with Gasteiger partial charge in [-0.1, -0.05) is 24.3 Å². The zero-order chi connectivity index (χ0) is 18.9. The first-order valence-corrected chi connectivity index (χ1v) is 8.31. The number of benzene rings is 2. The van der Waals surface area contributed by atoms with Gasteiger partial charge in [0.2, 0.25) is 0 Å². The van der Waals surface area contributed by atoms with E-state index >= 15 is 0 Å². The van der Waals surface area contributed by atoms with Gasteiger partial charge in [-0.25, -0.2) is 8.78 Å². The zero-order valence-corrected chi connectivity index (χ0v) is 14.2. The molecule has 0 saturated carbocycles. The van der Waals surface area contributed by atoms with Crippen LogP contribution < -0.4 is 4.72 Å². The number of aromatic nitrogens is 1. The summed E-state index contributed by atoms with van der Waals surface area (Å²) < 4.78 is 67.7. The standard InChI is InChI=1S/C18H13F5N2S/c1-10-4-2-3-5-12(10)16-6-11(9-24-16)26-25-17-8-14(19)13(7-15(17)20)18(21,22)23/h2-9,24-25H,1H3. The quantitative estimate of drug-likeness (QED) is 0.402. The van der Waals surface area contributed by atoms with E-state index in [1.54, 1.807) is 12.3 Å². The van der Waals surface area contributed by atoms with E-state index < -0.39 is 23.4 Å². The molecule has 0 spiro atoms. The molecule has 26 heavy (non-hydrogen) atoms. The van der Waals surface area contributed by atoms with Gasteiger partial charge in [0.1, 0.15) is 11.6 Å². The molecule has 2 nitrogen and oxygen atoms in total. The van der Waals surface area contributed by atoms with Crippen molar-refractivity contribution in [2.45, 2.75) is 18.0 Å². The molecule has 0 aliphatic rings. The fourth-order valence-electron chi connectivity index (χ4n) is 2.42. The van der Waals surface area contributed by atoms with Crippen LogP contribution in [0.3, 0.4) is 0 Å². The predicted molar refractivity (Wildman–Crippen MR) is 91.8 cm³/mol. The molecule has 2 N–H and O–H groups in total. The lowest BCUT2D eigenvalue weighted by molar-refractivity contribution is -0.140. The second-order valence-corrected chi connectivity index (χ2v) is 6.46. The lowest BCUT2D eigenvalue weighted by atomic mass is 10.1. The molecular weight excluding hydrogens is 371 g/mol. The summed E-state index contributed by atoms with van der Waals surface area (Å²) in [5, 5.41) is 0. The fraction of sp³-hybridized carbons (Fsp3) is 0.111. The number of anilines is 1. The summed E-state index contributed by atoms with van der Waals surface area (Å²) in [7, 11) is 0. The maximum atomic E-state index is 13.8. The highest BCUT2D eigenvalue weighted by Crippen LogP contribution is 2.35. The van der Waals surface area contributed by atoms with Crippen molar-refractivity contribution in [2.75, 3.05) is 4.72 Å². The lowest BCUT2D eigenvalue weighted by Gasteiger charge is -2.11. The van der Waals surface area contributed by atoms with Gasteiger partial charge in [-0.15, -0.1) is 0 Å². The van der Waals surface area contributed by atoms with Crippen molar-refractivity contribution in [2.24, 2.45) is 0 Å². The molecule has 3 rings (SSSR count). The van der Waals surface area contributed by atoms with Gasteiger partial charge in [-0.3, -0.25) is 0 Å². The average molecular weight is 384 g/mol. The molecule has 0 saturated heterocycles. The van der Waals surface area contributed by atoms with Gasteiger partial charge in [0.15, 0.2) is 0 Å². The molecule has 8 heteroatoms. The van der Waals surface area contributed by atoms with Crippen molar-refractivity contribution in [3.05, 3.63) is 71.4 Å². The molecule has 0 aliphatic heterocycles. The van der Waals surface area contributed by atoms with Gasteiger partial charge in [0.25, 0.3) is 0 Å². The second kappa shape index (κ2) is 7.03. The van der Waals surface area contributed by atoms with Gasteiger partial charge < -0.3 is 9.71 Å². The Morgan fingerprint density at radius 3 is 2.42 bits per heavy atom. The van der Waals surface area contributed by atoms with Gasteiger partial charge in [-0.2, -0.15) is 13.2 Å². The maximum Gasteiger partial charge on any atom is 0.419 e. The third-order valence-electron chi connectivity index (χ3n) is 3.73. The molecule has 3 aromatic rings. The first-order chi connectivity index (χ1) is 12.3. The summed E-state index contributed by atoms with van der Waals surface area (Å²) in [6.07, 6.45) is -3.28. The van der Waals surface area contributed by atoms with Crippen LogP contribution in [0.15, 0.2) is 53.6 Å². The molecule has 2 aromatic carbocycles. The van der Waals surface area contributed by atoms with Crippen LogP contribution in [0.5, 0.6) is 0 Å². The molecule has 0 amide bonds. The Bertz CT molecular complexity index is 934. The van der Waals surface area contributed by atoms with Gasteiger partial charge in [0, 0.05) is 28.4 Å². The molecule has 0 unspecified atom stereocenters. The lowest BCUT2D eigenvalue weighted by Crippen LogP contribution is -2.09. The van der Waals surface area contributed by atoms with E-state index in [9.17, 15) is 22.0 Å². The molecule has 1 heterocycles. The fourth-order valence-corrected chi connectivity index (χ4v) is 3.10. The largest absolute Gasteiger partial charge is 0.419 e. The van der Waals surface area contributed by atoms with Crippen molar-refractivity contribution >= 4 is 17.6 Å². The molecule has 136 valence electrons. The van der Waals surface area contributed by atoms with Crippen LogP contribution in [-0.4, -0.2) is 4.98 Å². The van der Waals surface area contributed by atoms with Crippen LogP contribution in [0.25, 0.3) is 11.3 Å². The van der Waals surface area contributed by atoms with Crippen molar-refractivity contribution in [1.29, 1.82) is 0 Å². The van der Waals surface area contributed by atoms with Crippen LogP contribution in [0.4, 0.5) is 27.6 Å². The first kappa shape index (κ1) is 18.3. The highest BCUT2D eigenvalue weighted by molar-refractivity contribution is 8.00. The number of halogens is 5. The Hall–Kier alpha value is -2.48. The van der Waals surface area contributed by atoms with E-state index in [1.807, 2.05) is 31.2 Å². The molecule has 0 aliphatic carbocycles. The monoisotopic (exact) mass is 384 g/mol. The van der Waals surface area contributed by atoms with Gasteiger partial charge in [-0.05, 0) is 36.6 Å². The Morgan fingerprint density at radius 2 is 1.73 bits per heavy atom. The first-order valence-electron chi connectivity index (χ1n) is 7.49. The molecule has 0 atom stereocenters. The number of hydrogen-bond acceptors (Lipinski definition) is 2. The summed E-state index contributed by atoms with van der Waals surface area (Å²) in [5.41, 5.74) is 0.903. The number of aromatic amines is 1. The Morgan fingerprint density at radius 1 is 1.00 bits per heavy atom. The highest BCUT2D eigenvalue weighted by atomic mass is 32.2. The summed E-state index contributed by atoms with van der Waals surface area (Å²) >= 11 is 0.962. The van der Waals surface area contributed by atoms with Crippen molar-refractivity contribution in [3.63, 3.8) is 0 Å². The number of hydrogen-bond donors (Lipinski definition) is 2. The SMILES string of the molecule is Cc1ccccc1-c1cc(SNc2cc(F)c(C(F)(F)F)cc2F)c[nH]1. The van der Waals surface area contributed by atoms with Crippen LogP contribution in [0.1, 0.15) is 11.1 Å². The number of nitrogens with one attached hydrogen (secondary N) is 2. The van der Waals surface area contributed by atoms with E-state index in [0.29, 0.717) is 11.0 Å². The summed E-state index contributed by atoms with van der Waals surface area (Å²) in [6.45, 7) is 1.96. The van der Waals surface area contributed by atoms with Crippen LogP contribution in [0.2, 0.25) is 0 Å². The predicted octanol–water partition coefficient (Wildman–Crippen LogP) is 6.41. The van der Waals surface area contributed by atoms with Crippen LogP contribution in [0, 0.1) is 18.6 Å². The summed E-state index contributed by atoms with van der Waals surface area (Å²) in [4.78, 5) is 3.75. The normalized spacial score (nSPS) is 11.6. The number of aryl methyl sites for hydroxylation is 1. The minimum Gasteiger partial charge on any atom is -0.360 e. The Balaban J connectivity index is 1.76. The van der Waals surface area contributed by atoms with Crippen LogP contribution >= 0.6 is 11.9 Å². The maximum absolute atomic E-state index is 13.8. The van der Waals surface area contributed by atoms with Gasteiger partial charge >= 0.3 is 6.18 Å².